The minimum Gasteiger partial charge on any atom is -0.492 e. The van der Waals surface area contributed by atoms with Gasteiger partial charge in [-0.2, -0.15) is 0 Å². The number of rotatable bonds is 8. The molecule has 1 N–H and O–H groups in total. The average molecular weight is 291 g/mol. The second kappa shape index (κ2) is 9.80. The maximum atomic E-state index is 5.79. The highest BCUT2D eigenvalue weighted by Crippen LogP contribution is 2.17. The summed E-state index contributed by atoms with van der Waals surface area (Å²) in [7, 11) is 1.73. The van der Waals surface area contributed by atoms with Crippen LogP contribution in [0.3, 0.4) is 0 Å². The maximum absolute atomic E-state index is 5.79. The van der Waals surface area contributed by atoms with Gasteiger partial charge < -0.3 is 14.8 Å². The van der Waals surface area contributed by atoms with Gasteiger partial charge in [0.2, 0.25) is 0 Å². The van der Waals surface area contributed by atoms with E-state index < -0.39 is 0 Å². The molecule has 1 aromatic carbocycles. The molecule has 0 atom stereocenters. The Balaban J connectivity index is 1.61. The van der Waals surface area contributed by atoms with E-state index in [-0.39, 0.29) is 0 Å². The number of benzene rings is 1. The van der Waals surface area contributed by atoms with Gasteiger partial charge in [-0.15, -0.1) is 0 Å². The summed E-state index contributed by atoms with van der Waals surface area (Å²) in [5, 5.41) is 3.63. The molecule has 0 saturated heterocycles. The predicted octanol–water partition coefficient (Wildman–Crippen LogP) is 3.57. The van der Waals surface area contributed by atoms with E-state index in [1.807, 2.05) is 0 Å². The molecule has 2 rings (SSSR count). The van der Waals surface area contributed by atoms with Crippen molar-refractivity contribution in [3.8, 4) is 5.75 Å². The van der Waals surface area contributed by atoms with Gasteiger partial charge in [-0.25, -0.2) is 0 Å². The Labute approximate surface area is 129 Å². The van der Waals surface area contributed by atoms with Crippen LogP contribution in [0.1, 0.15) is 44.1 Å². The van der Waals surface area contributed by atoms with Crippen LogP contribution in [0.2, 0.25) is 0 Å². The average Bonchev–Trinajstić information content (AvgIpc) is 2.79. The van der Waals surface area contributed by atoms with Crippen LogP contribution in [0.25, 0.3) is 0 Å². The molecule has 1 fully saturated rings. The van der Waals surface area contributed by atoms with Crippen LogP contribution in [0.15, 0.2) is 24.3 Å². The summed E-state index contributed by atoms with van der Waals surface area (Å²) in [6.45, 7) is 2.45. The minimum absolute atomic E-state index is 0.701. The zero-order valence-electron chi connectivity index (χ0n) is 13.3. The Kier molecular flexibility index (Phi) is 7.61. The largest absolute Gasteiger partial charge is 0.492 e. The van der Waals surface area contributed by atoms with E-state index in [0.717, 1.165) is 31.9 Å². The third-order valence-electron chi connectivity index (χ3n) is 4.18. The highest BCUT2D eigenvalue weighted by atomic mass is 16.5. The van der Waals surface area contributed by atoms with Gasteiger partial charge in [-0.05, 0) is 37.0 Å². The molecule has 0 spiro atoms. The van der Waals surface area contributed by atoms with Crippen molar-refractivity contribution in [1.82, 2.24) is 5.32 Å². The molecule has 1 aliphatic carbocycles. The van der Waals surface area contributed by atoms with Crippen molar-refractivity contribution >= 4 is 0 Å². The van der Waals surface area contributed by atoms with Crippen molar-refractivity contribution in [2.24, 2.45) is 0 Å². The first-order valence-corrected chi connectivity index (χ1v) is 8.32. The van der Waals surface area contributed by atoms with E-state index in [1.165, 1.54) is 44.1 Å². The van der Waals surface area contributed by atoms with Gasteiger partial charge in [0.05, 0.1) is 6.61 Å². The third kappa shape index (κ3) is 6.49. The van der Waals surface area contributed by atoms with Gasteiger partial charge in [0.15, 0.2) is 0 Å². The Hall–Kier alpha value is -1.06. The second-order valence-electron chi connectivity index (χ2n) is 5.88. The lowest BCUT2D eigenvalue weighted by atomic mass is 10.1. The van der Waals surface area contributed by atoms with Crippen LogP contribution in [0, 0.1) is 0 Å². The molecule has 1 saturated carbocycles. The summed E-state index contributed by atoms with van der Waals surface area (Å²) in [6, 6.07) is 9.04. The van der Waals surface area contributed by atoms with Gasteiger partial charge in [0.1, 0.15) is 12.4 Å². The summed E-state index contributed by atoms with van der Waals surface area (Å²) < 4.78 is 10.9. The Morgan fingerprint density at radius 3 is 2.38 bits per heavy atom. The number of hydrogen-bond donors (Lipinski definition) is 1. The fourth-order valence-electron chi connectivity index (χ4n) is 2.89. The van der Waals surface area contributed by atoms with Gasteiger partial charge in [-0.3, -0.25) is 0 Å². The maximum Gasteiger partial charge on any atom is 0.119 e. The highest BCUT2D eigenvalue weighted by Gasteiger charge is 2.10. The molecule has 21 heavy (non-hydrogen) atoms. The number of ether oxygens (including phenoxy) is 2. The number of nitrogens with one attached hydrogen (secondary N) is 1. The van der Waals surface area contributed by atoms with E-state index in [0.29, 0.717) is 6.04 Å². The van der Waals surface area contributed by atoms with Crippen molar-refractivity contribution in [3.05, 3.63) is 29.8 Å². The Morgan fingerprint density at radius 1 is 1.00 bits per heavy atom. The van der Waals surface area contributed by atoms with Crippen molar-refractivity contribution < 1.29 is 9.47 Å². The fraction of sp³-hybridized carbons (Fsp3) is 0.667. The lowest BCUT2D eigenvalue weighted by Crippen LogP contribution is -2.32. The van der Waals surface area contributed by atoms with E-state index in [1.54, 1.807) is 7.11 Å². The molecule has 0 radical (unpaired) electrons. The van der Waals surface area contributed by atoms with Gasteiger partial charge in [0, 0.05) is 19.7 Å². The quantitative estimate of drug-likeness (QED) is 0.587. The summed E-state index contributed by atoms with van der Waals surface area (Å²) in [5.74, 6) is 0.957. The number of methoxy groups -OCH3 is 1. The fourth-order valence-corrected chi connectivity index (χ4v) is 2.89. The van der Waals surface area contributed by atoms with Crippen molar-refractivity contribution in [2.45, 2.75) is 51.0 Å². The molecular formula is C18H29NO2. The van der Waals surface area contributed by atoms with Crippen molar-refractivity contribution in [1.29, 1.82) is 0 Å². The molecule has 0 bridgehead atoms. The first-order chi connectivity index (χ1) is 10.4. The first-order valence-electron chi connectivity index (χ1n) is 8.32. The summed E-state index contributed by atoms with van der Waals surface area (Å²) >= 11 is 0. The molecule has 0 aromatic heterocycles. The molecule has 0 amide bonds. The molecule has 0 aliphatic heterocycles. The predicted molar refractivity (Wildman–Crippen MR) is 87.0 cm³/mol. The SMILES string of the molecule is COCCc1ccc(OCCNC2CCCCCC2)cc1. The molecule has 1 aliphatic rings. The van der Waals surface area contributed by atoms with Crippen molar-refractivity contribution in [2.75, 3.05) is 26.9 Å². The zero-order valence-corrected chi connectivity index (χ0v) is 13.3. The lowest BCUT2D eigenvalue weighted by molar-refractivity contribution is 0.202. The van der Waals surface area contributed by atoms with Crippen LogP contribution in [0.4, 0.5) is 0 Å². The van der Waals surface area contributed by atoms with Gasteiger partial charge >= 0.3 is 0 Å². The normalized spacial score (nSPS) is 16.6. The Bertz CT molecular complexity index is 369. The highest BCUT2D eigenvalue weighted by molar-refractivity contribution is 5.27. The molecule has 3 nitrogen and oxygen atoms in total. The molecule has 3 heteroatoms. The molecule has 0 heterocycles. The van der Waals surface area contributed by atoms with Crippen LogP contribution < -0.4 is 10.1 Å². The van der Waals surface area contributed by atoms with Crippen LogP contribution in [0.5, 0.6) is 5.75 Å². The summed E-state index contributed by atoms with van der Waals surface area (Å²) in [6.07, 6.45) is 9.18. The standard InChI is InChI=1S/C18H29NO2/c1-20-14-12-16-8-10-18(11-9-16)21-15-13-19-17-6-4-2-3-5-7-17/h8-11,17,19H,2-7,12-15H2,1H3. The lowest BCUT2D eigenvalue weighted by Gasteiger charge is -2.16. The van der Waals surface area contributed by atoms with Crippen molar-refractivity contribution in [3.63, 3.8) is 0 Å². The third-order valence-corrected chi connectivity index (χ3v) is 4.18. The molecule has 118 valence electrons. The van der Waals surface area contributed by atoms with Gasteiger partial charge in [-0.1, -0.05) is 37.8 Å². The monoisotopic (exact) mass is 291 g/mol. The van der Waals surface area contributed by atoms with Crippen LogP contribution in [-0.2, 0) is 11.2 Å². The van der Waals surface area contributed by atoms with Crippen LogP contribution >= 0.6 is 0 Å². The van der Waals surface area contributed by atoms with Gasteiger partial charge in [0.25, 0.3) is 0 Å². The van der Waals surface area contributed by atoms with E-state index >= 15 is 0 Å². The van der Waals surface area contributed by atoms with E-state index in [9.17, 15) is 0 Å². The first kappa shape index (κ1) is 16.3. The minimum atomic E-state index is 0.701. The zero-order chi connectivity index (χ0) is 14.8. The number of hydrogen-bond acceptors (Lipinski definition) is 3. The second-order valence-corrected chi connectivity index (χ2v) is 5.88. The van der Waals surface area contributed by atoms with E-state index in [2.05, 4.69) is 29.6 Å². The topological polar surface area (TPSA) is 30.5 Å². The smallest absolute Gasteiger partial charge is 0.119 e. The molecular weight excluding hydrogens is 262 g/mol. The molecule has 0 unspecified atom stereocenters. The molecule has 1 aromatic rings. The van der Waals surface area contributed by atoms with E-state index in [4.69, 9.17) is 9.47 Å². The summed E-state index contributed by atoms with van der Waals surface area (Å²) in [5.41, 5.74) is 1.29. The van der Waals surface area contributed by atoms with Crippen LogP contribution in [-0.4, -0.2) is 32.9 Å². The summed E-state index contributed by atoms with van der Waals surface area (Å²) in [4.78, 5) is 0. The Morgan fingerprint density at radius 2 is 1.71 bits per heavy atom.